The first kappa shape index (κ1) is 12.4. The molecule has 0 aliphatic carbocycles. The number of likely N-dealkylation sites (tertiary alicyclic amines) is 1. The minimum Gasteiger partial charge on any atom is -0.380 e. The number of rotatable bonds is 5. The van der Waals surface area contributed by atoms with Gasteiger partial charge in [-0.25, -0.2) is 0 Å². The number of nitriles is 1. The molecule has 0 amide bonds. The van der Waals surface area contributed by atoms with Crippen LogP contribution < -0.4 is 5.32 Å². The van der Waals surface area contributed by atoms with Crippen molar-refractivity contribution in [3.05, 3.63) is 0 Å². The van der Waals surface area contributed by atoms with Crippen LogP contribution >= 0.6 is 0 Å². The lowest BCUT2D eigenvalue weighted by Crippen LogP contribution is -2.46. The van der Waals surface area contributed by atoms with E-state index in [1.165, 1.54) is 6.42 Å². The first-order valence-corrected chi connectivity index (χ1v) is 5.68. The molecule has 1 aliphatic heterocycles. The molecule has 15 heavy (non-hydrogen) atoms. The number of piperidine rings is 1. The van der Waals surface area contributed by atoms with Crippen LogP contribution in [-0.4, -0.2) is 50.3 Å². The van der Waals surface area contributed by atoms with Gasteiger partial charge in [-0.3, -0.25) is 4.90 Å². The third-order valence-electron chi connectivity index (χ3n) is 2.84. The van der Waals surface area contributed by atoms with E-state index < -0.39 is 0 Å². The highest BCUT2D eigenvalue weighted by Gasteiger charge is 2.21. The number of nitrogens with one attached hydrogen (secondary N) is 1. The Labute approximate surface area is 92.2 Å². The van der Waals surface area contributed by atoms with Crippen molar-refractivity contribution in [2.45, 2.75) is 31.9 Å². The van der Waals surface area contributed by atoms with Crippen LogP contribution in [-0.2, 0) is 4.74 Å². The van der Waals surface area contributed by atoms with E-state index in [4.69, 9.17) is 10.00 Å². The van der Waals surface area contributed by atoms with Crippen LogP contribution in [0.5, 0.6) is 0 Å². The monoisotopic (exact) mass is 211 g/mol. The van der Waals surface area contributed by atoms with E-state index in [1.54, 1.807) is 7.11 Å². The molecule has 4 nitrogen and oxygen atoms in total. The Kier molecular flexibility index (Phi) is 5.62. The molecule has 1 N–H and O–H groups in total. The van der Waals surface area contributed by atoms with Gasteiger partial charge in [0.2, 0.25) is 0 Å². The fraction of sp³-hybridized carbons (Fsp3) is 0.909. The molecule has 2 atom stereocenters. The highest BCUT2D eigenvalue weighted by molar-refractivity contribution is 4.92. The lowest BCUT2D eigenvalue weighted by atomic mass is 10.1. The zero-order chi connectivity index (χ0) is 11.1. The summed E-state index contributed by atoms with van der Waals surface area (Å²) >= 11 is 0. The van der Waals surface area contributed by atoms with Crippen LogP contribution in [0.1, 0.15) is 19.8 Å². The molecule has 0 bridgehead atoms. The predicted molar refractivity (Wildman–Crippen MR) is 59.5 cm³/mol. The second kappa shape index (κ2) is 6.78. The highest BCUT2D eigenvalue weighted by atomic mass is 16.5. The van der Waals surface area contributed by atoms with Gasteiger partial charge in [-0.1, -0.05) is 6.92 Å². The van der Waals surface area contributed by atoms with Crippen molar-refractivity contribution in [2.24, 2.45) is 0 Å². The summed E-state index contributed by atoms with van der Waals surface area (Å²) in [5, 5.41) is 12.1. The fourth-order valence-electron chi connectivity index (χ4n) is 2.03. The van der Waals surface area contributed by atoms with Crippen molar-refractivity contribution in [2.75, 3.05) is 33.3 Å². The van der Waals surface area contributed by atoms with Crippen molar-refractivity contribution in [3.63, 3.8) is 0 Å². The van der Waals surface area contributed by atoms with E-state index in [0.29, 0.717) is 6.10 Å². The van der Waals surface area contributed by atoms with Gasteiger partial charge in [0, 0.05) is 20.2 Å². The first-order valence-electron chi connectivity index (χ1n) is 5.68. The van der Waals surface area contributed by atoms with Crippen molar-refractivity contribution in [3.8, 4) is 6.07 Å². The van der Waals surface area contributed by atoms with Crippen molar-refractivity contribution in [1.29, 1.82) is 5.26 Å². The molecule has 1 rings (SSSR count). The summed E-state index contributed by atoms with van der Waals surface area (Å²) in [6.07, 6.45) is 2.66. The first-order chi connectivity index (χ1) is 7.30. The molecule has 0 aromatic heterocycles. The highest BCUT2D eigenvalue weighted by Crippen LogP contribution is 2.12. The SMILES string of the molecule is CCNC(C#N)CN1CCCC(OC)C1. The van der Waals surface area contributed by atoms with E-state index >= 15 is 0 Å². The summed E-state index contributed by atoms with van der Waals surface area (Å²) in [6, 6.07) is 2.24. The van der Waals surface area contributed by atoms with Crippen LogP contribution in [0.2, 0.25) is 0 Å². The molecule has 1 fully saturated rings. The normalized spacial score (nSPS) is 24.7. The van der Waals surface area contributed by atoms with Gasteiger partial charge in [0.25, 0.3) is 0 Å². The lowest BCUT2D eigenvalue weighted by molar-refractivity contribution is 0.0300. The van der Waals surface area contributed by atoms with Crippen molar-refractivity contribution < 1.29 is 4.74 Å². The molecule has 0 saturated carbocycles. The summed E-state index contributed by atoms with van der Waals surface area (Å²) in [6.45, 7) is 5.73. The van der Waals surface area contributed by atoms with Gasteiger partial charge in [0.15, 0.2) is 0 Å². The predicted octanol–water partition coefficient (Wildman–Crippen LogP) is 0.599. The topological polar surface area (TPSA) is 48.3 Å². The molecule has 1 saturated heterocycles. The zero-order valence-corrected chi connectivity index (χ0v) is 9.70. The Balaban J connectivity index is 2.33. The van der Waals surface area contributed by atoms with Gasteiger partial charge in [-0.05, 0) is 25.9 Å². The third-order valence-corrected chi connectivity index (χ3v) is 2.84. The van der Waals surface area contributed by atoms with Gasteiger partial charge < -0.3 is 10.1 Å². The second-order valence-electron chi connectivity index (χ2n) is 4.00. The minimum absolute atomic E-state index is 0.0504. The molecular formula is C11H21N3O. The van der Waals surface area contributed by atoms with E-state index in [2.05, 4.69) is 16.3 Å². The summed E-state index contributed by atoms with van der Waals surface area (Å²) in [7, 11) is 1.76. The van der Waals surface area contributed by atoms with Crippen LogP contribution in [0, 0.1) is 11.3 Å². The average Bonchev–Trinajstić information content (AvgIpc) is 2.29. The minimum atomic E-state index is -0.0504. The Morgan fingerprint density at radius 2 is 2.47 bits per heavy atom. The maximum Gasteiger partial charge on any atom is 0.108 e. The Morgan fingerprint density at radius 1 is 1.67 bits per heavy atom. The molecule has 1 heterocycles. The van der Waals surface area contributed by atoms with Gasteiger partial charge >= 0.3 is 0 Å². The Hall–Kier alpha value is -0.630. The third kappa shape index (κ3) is 4.17. The molecule has 0 aromatic rings. The van der Waals surface area contributed by atoms with Gasteiger partial charge in [0.1, 0.15) is 6.04 Å². The van der Waals surface area contributed by atoms with Crippen LogP contribution in [0.25, 0.3) is 0 Å². The Bertz CT molecular complexity index is 214. The van der Waals surface area contributed by atoms with Crippen LogP contribution in [0.4, 0.5) is 0 Å². The quantitative estimate of drug-likeness (QED) is 0.723. The van der Waals surface area contributed by atoms with Crippen LogP contribution in [0.3, 0.4) is 0 Å². The van der Waals surface area contributed by atoms with E-state index in [-0.39, 0.29) is 6.04 Å². The van der Waals surface area contributed by atoms with E-state index in [9.17, 15) is 0 Å². The number of hydrogen-bond donors (Lipinski definition) is 1. The molecule has 0 radical (unpaired) electrons. The number of methoxy groups -OCH3 is 1. The summed E-state index contributed by atoms with van der Waals surface area (Å²) < 4.78 is 5.35. The zero-order valence-electron chi connectivity index (χ0n) is 9.70. The number of nitrogens with zero attached hydrogens (tertiary/aromatic N) is 2. The average molecular weight is 211 g/mol. The lowest BCUT2D eigenvalue weighted by Gasteiger charge is -2.32. The number of likely N-dealkylation sites (N-methyl/N-ethyl adjacent to an activating group) is 1. The molecule has 1 aliphatic rings. The molecule has 0 aromatic carbocycles. The molecule has 2 unspecified atom stereocenters. The maximum absolute atomic E-state index is 8.94. The molecular weight excluding hydrogens is 190 g/mol. The number of ether oxygens (including phenoxy) is 1. The fourth-order valence-corrected chi connectivity index (χ4v) is 2.03. The van der Waals surface area contributed by atoms with Gasteiger partial charge in [-0.2, -0.15) is 5.26 Å². The van der Waals surface area contributed by atoms with Crippen molar-refractivity contribution >= 4 is 0 Å². The van der Waals surface area contributed by atoms with Crippen LogP contribution in [0.15, 0.2) is 0 Å². The van der Waals surface area contributed by atoms with Gasteiger partial charge in [0.05, 0.1) is 12.2 Å². The maximum atomic E-state index is 8.94. The summed E-state index contributed by atoms with van der Waals surface area (Å²) in [5.74, 6) is 0. The second-order valence-corrected chi connectivity index (χ2v) is 4.00. The standard InChI is InChI=1S/C11H21N3O/c1-3-13-10(7-12)8-14-6-4-5-11(9-14)15-2/h10-11,13H,3-6,8-9H2,1-2H3. The molecule has 4 heteroatoms. The summed E-state index contributed by atoms with van der Waals surface area (Å²) in [4.78, 5) is 2.31. The number of hydrogen-bond acceptors (Lipinski definition) is 4. The molecule has 0 spiro atoms. The molecule has 86 valence electrons. The summed E-state index contributed by atoms with van der Waals surface area (Å²) in [5.41, 5.74) is 0. The van der Waals surface area contributed by atoms with Crippen molar-refractivity contribution in [1.82, 2.24) is 10.2 Å². The van der Waals surface area contributed by atoms with Gasteiger partial charge in [-0.15, -0.1) is 0 Å². The van der Waals surface area contributed by atoms with E-state index in [0.717, 1.165) is 32.6 Å². The Morgan fingerprint density at radius 3 is 3.07 bits per heavy atom. The largest absolute Gasteiger partial charge is 0.380 e. The van der Waals surface area contributed by atoms with E-state index in [1.807, 2.05) is 6.92 Å². The smallest absolute Gasteiger partial charge is 0.108 e.